The summed E-state index contributed by atoms with van der Waals surface area (Å²) in [5.41, 5.74) is 2.03. The number of piperazine rings is 1. The molecule has 0 unspecified atom stereocenters. The molecule has 33 heavy (non-hydrogen) atoms. The summed E-state index contributed by atoms with van der Waals surface area (Å²) in [6, 6.07) is 10.8. The minimum Gasteiger partial charge on any atom is -0.496 e. The maximum atomic E-state index is 11.5. The van der Waals surface area contributed by atoms with Crippen molar-refractivity contribution < 1.29 is 4.74 Å². The van der Waals surface area contributed by atoms with Crippen LogP contribution in [0.2, 0.25) is 0 Å². The van der Waals surface area contributed by atoms with Gasteiger partial charge in [-0.05, 0) is 32.9 Å². The van der Waals surface area contributed by atoms with Crippen molar-refractivity contribution >= 4 is 17.3 Å². The fourth-order valence-corrected chi connectivity index (χ4v) is 4.27. The van der Waals surface area contributed by atoms with Gasteiger partial charge in [0.25, 0.3) is 5.56 Å². The molecule has 0 aliphatic carbocycles. The molecule has 172 valence electrons. The lowest BCUT2D eigenvalue weighted by molar-refractivity contribution is 0.148. The molecule has 0 amide bonds. The van der Waals surface area contributed by atoms with E-state index in [0.29, 0.717) is 23.7 Å². The number of methoxy groups -OCH3 is 1. The van der Waals surface area contributed by atoms with Crippen molar-refractivity contribution in [2.75, 3.05) is 37.0 Å². The van der Waals surface area contributed by atoms with Crippen molar-refractivity contribution in [1.82, 2.24) is 25.1 Å². The predicted octanol–water partition coefficient (Wildman–Crippen LogP) is 2.70. The Labute approximate surface area is 192 Å². The molecular formula is C23H28N8O2. The number of anilines is 3. The normalized spacial score (nSPS) is 16.6. The molecule has 0 bridgehead atoms. The van der Waals surface area contributed by atoms with Crippen LogP contribution in [0.1, 0.15) is 26.5 Å². The lowest BCUT2D eigenvalue weighted by Crippen LogP contribution is -2.54. The number of hydrogen-bond acceptors (Lipinski definition) is 8. The number of nitrogens with one attached hydrogen (secondary N) is 3. The first-order valence-electron chi connectivity index (χ1n) is 10.9. The van der Waals surface area contributed by atoms with E-state index < -0.39 is 5.56 Å². The third kappa shape index (κ3) is 4.68. The van der Waals surface area contributed by atoms with Crippen LogP contribution in [0.4, 0.5) is 17.3 Å². The van der Waals surface area contributed by atoms with Gasteiger partial charge in [0.05, 0.1) is 12.8 Å². The van der Waals surface area contributed by atoms with Crippen LogP contribution in [-0.2, 0) is 0 Å². The van der Waals surface area contributed by atoms with E-state index in [4.69, 9.17) is 10.00 Å². The second-order valence-corrected chi connectivity index (χ2v) is 8.38. The molecule has 10 heteroatoms. The number of rotatable bonds is 6. The van der Waals surface area contributed by atoms with Crippen molar-refractivity contribution in [3.8, 4) is 23.1 Å². The van der Waals surface area contributed by atoms with Crippen LogP contribution < -0.4 is 20.5 Å². The molecule has 4 rings (SSSR count). The summed E-state index contributed by atoms with van der Waals surface area (Å²) >= 11 is 0. The Morgan fingerprint density at radius 1 is 1.27 bits per heavy atom. The smallest absolute Gasteiger partial charge is 0.284 e. The van der Waals surface area contributed by atoms with Gasteiger partial charge in [-0.15, -0.1) is 0 Å². The molecule has 1 aliphatic heterocycles. The van der Waals surface area contributed by atoms with Crippen LogP contribution in [0.5, 0.6) is 5.75 Å². The zero-order chi connectivity index (χ0) is 23.5. The summed E-state index contributed by atoms with van der Waals surface area (Å²) in [6.45, 7) is 9.73. The van der Waals surface area contributed by atoms with E-state index in [9.17, 15) is 4.79 Å². The first-order valence-corrected chi connectivity index (χ1v) is 10.9. The summed E-state index contributed by atoms with van der Waals surface area (Å²) in [7, 11) is 1.66. The Hall–Kier alpha value is -3.84. The van der Waals surface area contributed by atoms with Gasteiger partial charge >= 0.3 is 0 Å². The highest BCUT2D eigenvalue weighted by atomic mass is 16.5. The van der Waals surface area contributed by atoms with Gasteiger partial charge in [-0.2, -0.15) is 10.4 Å². The van der Waals surface area contributed by atoms with Crippen LogP contribution in [0.3, 0.4) is 0 Å². The molecular weight excluding hydrogens is 420 g/mol. The SMILES string of the molecule is COc1cc(N2CCN(C(C)C)[C@H](C)C2)ccc1-c1cc(Nc2c[nH]c(=O)c(C#N)n2)n[nH]1. The quantitative estimate of drug-likeness (QED) is 0.525. The van der Waals surface area contributed by atoms with Gasteiger partial charge in [-0.3, -0.25) is 14.8 Å². The lowest BCUT2D eigenvalue weighted by Gasteiger charge is -2.43. The van der Waals surface area contributed by atoms with Gasteiger partial charge in [0.1, 0.15) is 17.6 Å². The first kappa shape index (κ1) is 22.4. The molecule has 3 aromatic rings. The molecule has 2 aromatic heterocycles. The summed E-state index contributed by atoms with van der Waals surface area (Å²) in [5.74, 6) is 1.56. The van der Waals surface area contributed by atoms with Gasteiger partial charge in [-0.1, -0.05) is 0 Å². The zero-order valence-electron chi connectivity index (χ0n) is 19.2. The van der Waals surface area contributed by atoms with Crippen molar-refractivity contribution in [3.05, 3.63) is 46.5 Å². The second kappa shape index (κ2) is 9.34. The largest absolute Gasteiger partial charge is 0.496 e. The van der Waals surface area contributed by atoms with E-state index in [1.165, 1.54) is 6.20 Å². The van der Waals surface area contributed by atoms with E-state index in [0.717, 1.165) is 42.3 Å². The molecule has 1 aromatic carbocycles. The third-order valence-electron chi connectivity index (χ3n) is 5.91. The highest BCUT2D eigenvalue weighted by Gasteiger charge is 2.26. The first-order chi connectivity index (χ1) is 15.9. The maximum absolute atomic E-state index is 11.5. The highest BCUT2D eigenvalue weighted by molar-refractivity contribution is 5.73. The molecule has 0 spiro atoms. The molecule has 0 saturated carbocycles. The van der Waals surface area contributed by atoms with Crippen molar-refractivity contribution in [2.24, 2.45) is 0 Å². The zero-order valence-corrected chi connectivity index (χ0v) is 19.2. The standard InChI is InChI=1S/C23H28N8O2/c1-14(2)31-8-7-30(13-15(31)3)16-5-6-17(20(9-16)33-4)18-10-21(29-28-18)27-22-12-25-23(32)19(11-24)26-22/h5-6,9-10,12,14-15H,7-8,13H2,1-4H3,(H,25,32)(H2,26,27,28,29)/t15-/m1/s1. The van der Waals surface area contributed by atoms with Gasteiger partial charge in [0, 0.05) is 61.3 Å². The number of aromatic amines is 2. The van der Waals surface area contributed by atoms with Crippen LogP contribution in [0, 0.1) is 11.3 Å². The van der Waals surface area contributed by atoms with Gasteiger partial charge in [-0.25, -0.2) is 4.98 Å². The Morgan fingerprint density at radius 2 is 2.09 bits per heavy atom. The molecule has 1 aliphatic rings. The molecule has 3 N–H and O–H groups in total. The van der Waals surface area contributed by atoms with E-state index in [2.05, 4.69) is 68.2 Å². The predicted molar refractivity (Wildman–Crippen MR) is 127 cm³/mol. The molecule has 1 atom stereocenters. The van der Waals surface area contributed by atoms with E-state index in [1.807, 2.05) is 12.1 Å². The van der Waals surface area contributed by atoms with Crippen LogP contribution >= 0.6 is 0 Å². The minimum atomic E-state index is -0.532. The third-order valence-corrected chi connectivity index (χ3v) is 5.91. The minimum absolute atomic E-state index is 0.212. The number of nitriles is 1. The molecule has 10 nitrogen and oxygen atoms in total. The van der Waals surface area contributed by atoms with Gasteiger partial charge in [0.2, 0.25) is 5.69 Å². The fraction of sp³-hybridized carbons (Fsp3) is 0.391. The number of benzene rings is 1. The molecule has 0 radical (unpaired) electrons. The van der Waals surface area contributed by atoms with Crippen LogP contribution in [-0.4, -0.2) is 63.9 Å². The number of aromatic nitrogens is 4. The Kier molecular flexibility index (Phi) is 6.33. The number of H-pyrrole nitrogens is 2. The number of nitrogens with zero attached hydrogens (tertiary/aromatic N) is 5. The highest BCUT2D eigenvalue weighted by Crippen LogP contribution is 2.34. The average molecular weight is 449 g/mol. The van der Waals surface area contributed by atoms with Crippen molar-refractivity contribution in [2.45, 2.75) is 32.9 Å². The van der Waals surface area contributed by atoms with Crippen LogP contribution in [0.15, 0.2) is 35.3 Å². The monoisotopic (exact) mass is 448 g/mol. The van der Waals surface area contributed by atoms with E-state index in [1.54, 1.807) is 13.2 Å². The molecule has 3 heterocycles. The van der Waals surface area contributed by atoms with Crippen molar-refractivity contribution in [1.29, 1.82) is 5.26 Å². The summed E-state index contributed by atoms with van der Waals surface area (Å²) in [6.07, 6.45) is 1.40. The molecule has 1 fully saturated rings. The second-order valence-electron chi connectivity index (χ2n) is 8.38. The number of hydrogen-bond donors (Lipinski definition) is 3. The lowest BCUT2D eigenvalue weighted by atomic mass is 10.1. The summed E-state index contributed by atoms with van der Waals surface area (Å²) in [4.78, 5) is 22.9. The average Bonchev–Trinajstić information content (AvgIpc) is 3.27. The Balaban J connectivity index is 1.53. The number of ether oxygens (including phenoxy) is 1. The summed E-state index contributed by atoms with van der Waals surface area (Å²) in [5, 5.41) is 19.2. The van der Waals surface area contributed by atoms with Gasteiger partial charge in [0.15, 0.2) is 5.82 Å². The maximum Gasteiger partial charge on any atom is 0.284 e. The Bertz CT molecular complexity index is 1230. The molecule has 1 saturated heterocycles. The fourth-order valence-electron chi connectivity index (χ4n) is 4.27. The van der Waals surface area contributed by atoms with Crippen LogP contribution in [0.25, 0.3) is 11.3 Å². The summed E-state index contributed by atoms with van der Waals surface area (Å²) < 4.78 is 5.70. The van der Waals surface area contributed by atoms with E-state index >= 15 is 0 Å². The topological polar surface area (TPSA) is 126 Å². The van der Waals surface area contributed by atoms with Gasteiger partial charge < -0.3 is 19.9 Å². The Morgan fingerprint density at radius 3 is 2.79 bits per heavy atom. The van der Waals surface area contributed by atoms with Crippen molar-refractivity contribution in [3.63, 3.8) is 0 Å². The van der Waals surface area contributed by atoms with E-state index in [-0.39, 0.29) is 5.69 Å².